The number of hydrogen-bond donors (Lipinski definition) is 0. The van der Waals surface area contributed by atoms with Crippen LogP contribution in [0.2, 0.25) is 0 Å². The molecule has 0 aliphatic rings. The third-order valence-corrected chi connectivity index (χ3v) is 2.10. The van der Waals surface area contributed by atoms with Crippen LogP contribution >= 0.6 is 0 Å². The summed E-state index contributed by atoms with van der Waals surface area (Å²) in [5.74, 6) is -0.681. The molecule has 0 atom stereocenters. The van der Waals surface area contributed by atoms with Crippen molar-refractivity contribution in [2.75, 3.05) is 6.61 Å². The van der Waals surface area contributed by atoms with E-state index in [1.807, 2.05) is 0 Å². The molecule has 8 nitrogen and oxygen atoms in total. The van der Waals surface area contributed by atoms with Crippen LogP contribution in [-0.4, -0.2) is 22.4 Å². The van der Waals surface area contributed by atoms with Gasteiger partial charge >= 0.3 is 5.97 Å². The molecule has 1 aromatic carbocycles. The molecular weight excluding hydrogens is 268 g/mol. The summed E-state index contributed by atoms with van der Waals surface area (Å²) in [6, 6.07) is 3.07. The minimum absolute atomic E-state index is 0.0261. The van der Waals surface area contributed by atoms with Crippen molar-refractivity contribution < 1.29 is 19.4 Å². The Bertz CT molecular complexity index is 561. The van der Waals surface area contributed by atoms with Crippen molar-refractivity contribution in [1.29, 1.82) is 0 Å². The van der Waals surface area contributed by atoms with E-state index in [0.29, 0.717) is 0 Å². The average molecular weight is 278 g/mol. The lowest BCUT2D eigenvalue weighted by Crippen LogP contribution is -1.99. The summed E-state index contributed by atoms with van der Waals surface area (Å²) >= 11 is 0. The third kappa shape index (κ3) is 4.33. The Balaban J connectivity index is 3.02. The summed E-state index contributed by atoms with van der Waals surface area (Å²) in [6.07, 6.45) is 3.60. The predicted molar refractivity (Wildman–Crippen MR) is 69.9 cm³/mol. The fourth-order valence-corrected chi connectivity index (χ4v) is 1.28. The highest BCUT2D eigenvalue weighted by molar-refractivity contribution is 5.87. The number of rotatable bonds is 6. The van der Waals surface area contributed by atoms with E-state index in [1.165, 1.54) is 12.2 Å². The highest BCUT2D eigenvalue weighted by atomic mass is 16.6. The first kappa shape index (κ1) is 15.0. The second-order valence-corrected chi connectivity index (χ2v) is 3.55. The minimum atomic E-state index is -0.750. The Kier molecular flexibility index (Phi) is 5.10. The van der Waals surface area contributed by atoms with Crippen LogP contribution in [0.4, 0.5) is 11.4 Å². The van der Waals surface area contributed by atoms with Crippen LogP contribution in [0.25, 0.3) is 6.08 Å². The van der Waals surface area contributed by atoms with Crippen molar-refractivity contribution in [2.24, 2.45) is 0 Å². The van der Waals surface area contributed by atoms with Gasteiger partial charge in [-0.15, -0.1) is 0 Å². The minimum Gasteiger partial charge on any atom is -0.458 e. The van der Waals surface area contributed by atoms with Gasteiger partial charge in [0.1, 0.15) is 6.61 Å². The lowest BCUT2D eigenvalue weighted by Gasteiger charge is -1.98. The van der Waals surface area contributed by atoms with Gasteiger partial charge in [-0.1, -0.05) is 12.7 Å². The van der Waals surface area contributed by atoms with Crippen LogP contribution in [0.1, 0.15) is 5.56 Å². The molecule has 0 amide bonds. The monoisotopic (exact) mass is 278 g/mol. The molecule has 0 spiro atoms. The standard InChI is InChI=1S/C12H10N2O6/c1-2-5-20-12(15)4-3-9-6-10(13(16)17)8-11(7-9)14(18)19/h2-4,6-8H,1,5H2/b4-3+. The van der Waals surface area contributed by atoms with Crippen molar-refractivity contribution in [3.63, 3.8) is 0 Å². The number of nitrogens with zero attached hydrogens (tertiary/aromatic N) is 2. The second-order valence-electron chi connectivity index (χ2n) is 3.55. The molecule has 20 heavy (non-hydrogen) atoms. The van der Waals surface area contributed by atoms with Crippen LogP contribution < -0.4 is 0 Å². The molecule has 0 radical (unpaired) electrons. The third-order valence-electron chi connectivity index (χ3n) is 2.10. The Morgan fingerprint density at radius 3 is 2.20 bits per heavy atom. The molecule has 0 fully saturated rings. The van der Waals surface area contributed by atoms with Crippen LogP contribution in [0.5, 0.6) is 0 Å². The van der Waals surface area contributed by atoms with Gasteiger partial charge in [0.05, 0.1) is 15.9 Å². The number of benzene rings is 1. The van der Waals surface area contributed by atoms with Gasteiger partial charge in [0, 0.05) is 18.2 Å². The smallest absolute Gasteiger partial charge is 0.331 e. The van der Waals surface area contributed by atoms with Gasteiger partial charge in [-0.05, 0) is 11.6 Å². The van der Waals surface area contributed by atoms with Crippen molar-refractivity contribution in [3.8, 4) is 0 Å². The zero-order valence-electron chi connectivity index (χ0n) is 10.2. The van der Waals surface area contributed by atoms with Crippen LogP contribution in [0.3, 0.4) is 0 Å². The fraction of sp³-hybridized carbons (Fsp3) is 0.0833. The van der Waals surface area contributed by atoms with E-state index in [1.54, 1.807) is 0 Å². The highest BCUT2D eigenvalue weighted by Crippen LogP contribution is 2.23. The fourth-order valence-electron chi connectivity index (χ4n) is 1.28. The number of carbonyl (C=O) groups excluding carboxylic acids is 1. The molecule has 0 saturated carbocycles. The molecule has 0 aromatic heterocycles. The van der Waals surface area contributed by atoms with Gasteiger partial charge in [0.25, 0.3) is 11.4 Å². The van der Waals surface area contributed by atoms with E-state index in [9.17, 15) is 25.0 Å². The van der Waals surface area contributed by atoms with Crippen molar-refractivity contribution >= 4 is 23.4 Å². The number of carbonyl (C=O) groups is 1. The largest absolute Gasteiger partial charge is 0.458 e. The summed E-state index contributed by atoms with van der Waals surface area (Å²) in [6.45, 7) is 3.39. The topological polar surface area (TPSA) is 113 Å². The van der Waals surface area contributed by atoms with Gasteiger partial charge in [0.2, 0.25) is 0 Å². The SMILES string of the molecule is C=CCOC(=O)/C=C/c1cc([N+](=O)[O-])cc([N+](=O)[O-])c1. The Morgan fingerprint density at radius 2 is 1.75 bits per heavy atom. The molecule has 0 bridgehead atoms. The Labute approximate surface area is 113 Å². The van der Waals surface area contributed by atoms with Gasteiger partial charge in [-0.2, -0.15) is 0 Å². The second kappa shape index (κ2) is 6.78. The summed E-state index contributed by atoms with van der Waals surface area (Å²) in [4.78, 5) is 31.0. The zero-order chi connectivity index (χ0) is 15.1. The van der Waals surface area contributed by atoms with Gasteiger partial charge < -0.3 is 4.74 Å². The number of ether oxygens (including phenoxy) is 1. The van der Waals surface area contributed by atoms with Crippen molar-refractivity contribution in [2.45, 2.75) is 0 Å². The number of non-ortho nitro benzene ring substituents is 2. The predicted octanol–water partition coefficient (Wildman–Crippen LogP) is 2.25. The number of nitro groups is 2. The van der Waals surface area contributed by atoms with E-state index >= 15 is 0 Å². The summed E-state index contributed by atoms with van der Waals surface area (Å²) in [7, 11) is 0. The molecule has 0 heterocycles. The lowest BCUT2D eigenvalue weighted by atomic mass is 10.1. The molecule has 1 aromatic rings. The Morgan fingerprint density at radius 1 is 1.20 bits per heavy atom. The molecule has 0 aliphatic carbocycles. The first-order valence-electron chi connectivity index (χ1n) is 5.33. The van der Waals surface area contributed by atoms with Gasteiger partial charge in [-0.25, -0.2) is 4.79 Å². The number of esters is 1. The van der Waals surface area contributed by atoms with E-state index in [0.717, 1.165) is 24.3 Å². The maximum absolute atomic E-state index is 11.2. The molecular formula is C12H10N2O6. The molecule has 0 saturated heterocycles. The molecule has 104 valence electrons. The summed E-state index contributed by atoms with van der Waals surface area (Å²) < 4.78 is 4.66. The molecule has 0 aliphatic heterocycles. The molecule has 0 unspecified atom stereocenters. The average Bonchev–Trinajstić information content (AvgIpc) is 2.42. The number of hydrogen-bond acceptors (Lipinski definition) is 6. The van der Waals surface area contributed by atoms with E-state index in [-0.39, 0.29) is 12.2 Å². The quantitative estimate of drug-likeness (QED) is 0.259. The van der Waals surface area contributed by atoms with Crippen LogP contribution in [0, 0.1) is 20.2 Å². The van der Waals surface area contributed by atoms with Crippen molar-refractivity contribution in [1.82, 2.24) is 0 Å². The lowest BCUT2D eigenvalue weighted by molar-refractivity contribution is -0.394. The highest BCUT2D eigenvalue weighted by Gasteiger charge is 2.15. The maximum atomic E-state index is 11.2. The van der Waals surface area contributed by atoms with Gasteiger partial charge in [0.15, 0.2) is 0 Å². The molecule has 8 heteroatoms. The first-order valence-corrected chi connectivity index (χ1v) is 5.33. The van der Waals surface area contributed by atoms with E-state index in [2.05, 4.69) is 11.3 Å². The first-order chi connectivity index (χ1) is 9.43. The normalized spacial score (nSPS) is 10.2. The summed E-state index contributed by atoms with van der Waals surface area (Å²) in [5.41, 5.74) is -0.710. The van der Waals surface area contributed by atoms with Crippen LogP contribution in [0.15, 0.2) is 36.9 Å². The van der Waals surface area contributed by atoms with Crippen molar-refractivity contribution in [3.05, 3.63) is 62.7 Å². The van der Waals surface area contributed by atoms with E-state index < -0.39 is 27.2 Å². The molecule has 1 rings (SSSR count). The maximum Gasteiger partial charge on any atom is 0.331 e. The van der Waals surface area contributed by atoms with E-state index in [4.69, 9.17) is 0 Å². The molecule has 0 N–H and O–H groups in total. The van der Waals surface area contributed by atoms with Gasteiger partial charge in [-0.3, -0.25) is 20.2 Å². The zero-order valence-corrected chi connectivity index (χ0v) is 10.2. The summed E-state index contributed by atoms with van der Waals surface area (Å²) in [5, 5.41) is 21.3. The van der Waals surface area contributed by atoms with Crippen LogP contribution in [-0.2, 0) is 9.53 Å². The number of nitro benzene ring substituents is 2. The Hall–Kier alpha value is -3.03.